The van der Waals surface area contributed by atoms with Crippen molar-refractivity contribution in [2.45, 2.75) is 18.2 Å². The molecule has 6 heteroatoms. The van der Waals surface area contributed by atoms with E-state index in [9.17, 15) is 13.2 Å². The van der Waals surface area contributed by atoms with Crippen LogP contribution in [0.1, 0.15) is 29.3 Å². The van der Waals surface area contributed by atoms with Gasteiger partial charge in [-0.1, -0.05) is 19.1 Å². The third kappa shape index (κ3) is 3.32. The Morgan fingerprint density at radius 1 is 1.14 bits per heavy atom. The van der Waals surface area contributed by atoms with Crippen molar-refractivity contribution in [2.75, 3.05) is 0 Å². The van der Waals surface area contributed by atoms with Gasteiger partial charge in [-0.2, -0.15) is 13.7 Å². The number of rotatable bonds is 5. The normalized spacial score (nSPS) is 10.7. The molecule has 0 unspecified atom stereocenters. The zero-order valence-corrected chi connectivity index (χ0v) is 12.6. The number of ketones is 1. The molecule has 0 N–H and O–H groups in total. The van der Waals surface area contributed by atoms with Crippen molar-refractivity contribution >= 4 is 15.9 Å². The third-order valence-corrected chi connectivity index (χ3v) is 4.29. The predicted octanol–water partition coefficient (Wildman–Crippen LogP) is 2.92. The van der Waals surface area contributed by atoms with Crippen LogP contribution in [0.25, 0.3) is 0 Å². The van der Waals surface area contributed by atoms with Gasteiger partial charge in [-0.15, -0.1) is 0 Å². The topological polar surface area (TPSA) is 84.2 Å². The van der Waals surface area contributed by atoms with Crippen LogP contribution in [0.4, 0.5) is 0 Å². The van der Waals surface area contributed by atoms with Crippen molar-refractivity contribution in [1.29, 1.82) is 5.26 Å². The van der Waals surface area contributed by atoms with E-state index in [1.54, 1.807) is 13.0 Å². The maximum Gasteiger partial charge on any atom is 0.340 e. The average Bonchev–Trinajstić information content (AvgIpc) is 2.54. The molecule has 0 atom stereocenters. The molecule has 0 aliphatic rings. The lowest BCUT2D eigenvalue weighted by Gasteiger charge is -2.08. The van der Waals surface area contributed by atoms with E-state index in [4.69, 9.17) is 9.44 Å². The van der Waals surface area contributed by atoms with E-state index in [0.717, 1.165) is 0 Å². The van der Waals surface area contributed by atoms with Crippen LogP contribution in [0.5, 0.6) is 5.75 Å². The molecule has 0 bridgehead atoms. The van der Waals surface area contributed by atoms with Gasteiger partial charge in [0.25, 0.3) is 0 Å². The minimum absolute atomic E-state index is 0.0141. The smallest absolute Gasteiger partial charge is 0.340 e. The van der Waals surface area contributed by atoms with Gasteiger partial charge >= 0.3 is 10.1 Å². The maximum absolute atomic E-state index is 12.2. The molecule has 0 fully saturated rings. The summed E-state index contributed by atoms with van der Waals surface area (Å²) in [6.07, 6.45) is 0.369. The van der Waals surface area contributed by atoms with Gasteiger partial charge in [-0.3, -0.25) is 4.79 Å². The van der Waals surface area contributed by atoms with E-state index in [-0.39, 0.29) is 22.0 Å². The second-order valence-corrected chi connectivity index (χ2v) is 5.96. The summed E-state index contributed by atoms with van der Waals surface area (Å²) < 4.78 is 29.4. The van der Waals surface area contributed by atoms with Crippen LogP contribution in [0, 0.1) is 11.3 Å². The Kier molecular flexibility index (Phi) is 4.59. The van der Waals surface area contributed by atoms with Crippen LogP contribution in [-0.2, 0) is 10.1 Å². The van der Waals surface area contributed by atoms with Gasteiger partial charge in [-0.05, 0) is 36.4 Å². The lowest BCUT2D eigenvalue weighted by atomic mass is 10.1. The summed E-state index contributed by atoms with van der Waals surface area (Å²) in [5.41, 5.74) is 0.505. The van der Waals surface area contributed by atoms with Gasteiger partial charge in [0.1, 0.15) is 16.7 Å². The Labute approximate surface area is 128 Å². The predicted molar refractivity (Wildman–Crippen MR) is 80.0 cm³/mol. The number of nitriles is 1. The molecule has 0 radical (unpaired) electrons. The summed E-state index contributed by atoms with van der Waals surface area (Å²) in [6.45, 7) is 1.75. The molecule has 0 amide bonds. The third-order valence-electron chi connectivity index (χ3n) is 2.98. The number of Topliss-reactive ketones (excluding diaryl/α,β-unsaturated/α-hetero) is 1. The van der Waals surface area contributed by atoms with Gasteiger partial charge in [0.15, 0.2) is 5.78 Å². The summed E-state index contributed by atoms with van der Waals surface area (Å²) in [4.78, 5) is 11.3. The molecule has 0 aliphatic carbocycles. The summed E-state index contributed by atoms with van der Waals surface area (Å²) in [5.74, 6) is 0.0460. The first-order valence-corrected chi connectivity index (χ1v) is 7.95. The number of nitrogens with zero attached hydrogens (tertiary/aromatic N) is 1. The zero-order valence-electron chi connectivity index (χ0n) is 11.8. The highest BCUT2D eigenvalue weighted by Gasteiger charge is 2.20. The number of hydrogen-bond acceptors (Lipinski definition) is 5. The number of carbonyl (C=O) groups is 1. The van der Waals surface area contributed by atoms with Crippen molar-refractivity contribution < 1.29 is 17.4 Å². The fourth-order valence-corrected chi connectivity index (χ4v) is 2.93. The molecule has 22 heavy (non-hydrogen) atoms. The Bertz CT molecular complexity index is 833. The average molecular weight is 315 g/mol. The van der Waals surface area contributed by atoms with E-state index in [1.165, 1.54) is 42.5 Å². The molecule has 0 heterocycles. The second-order valence-electron chi connectivity index (χ2n) is 4.45. The van der Waals surface area contributed by atoms with Crippen LogP contribution >= 0.6 is 0 Å². The van der Waals surface area contributed by atoms with E-state index >= 15 is 0 Å². The highest BCUT2D eigenvalue weighted by molar-refractivity contribution is 7.87. The van der Waals surface area contributed by atoms with Crippen molar-refractivity contribution in [3.8, 4) is 11.8 Å². The fourth-order valence-electron chi connectivity index (χ4n) is 1.85. The molecule has 0 aromatic heterocycles. The summed E-state index contributed by atoms with van der Waals surface area (Å²) >= 11 is 0. The molecular weight excluding hydrogens is 302 g/mol. The Balaban J connectivity index is 2.30. The molecule has 0 spiro atoms. The van der Waals surface area contributed by atoms with Crippen LogP contribution in [0.15, 0.2) is 53.4 Å². The first kappa shape index (κ1) is 15.7. The van der Waals surface area contributed by atoms with E-state index in [1.807, 2.05) is 6.07 Å². The fraction of sp³-hybridized carbons (Fsp3) is 0.125. The van der Waals surface area contributed by atoms with Crippen LogP contribution in [0.2, 0.25) is 0 Å². The Hall–Kier alpha value is -2.65. The van der Waals surface area contributed by atoms with Gasteiger partial charge in [0.2, 0.25) is 0 Å². The molecule has 112 valence electrons. The maximum atomic E-state index is 12.2. The number of hydrogen-bond donors (Lipinski definition) is 0. The minimum atomic E-state index is -4.10. The number of benzene rings is 2. The lowest BCUT2D eigenvalue weighted by molar-refractivity contribution is 0.0988. The molecule has 0 saturated carbocycles. The van der Waals surface area contributed by atoms with Crippen LogP contribution in [0.3, 0.4) is 0 Å². The van der Waals surface area contributed by atoms with E-state index in [0.29, 0.717) is 12.0 Å². The van der Waals surface area contributed by atoms with Crippen molar-refractivity contribution in [1.82, 2.24) is 0 Å². The highest BCUT2D eigenvalue weighted by Crippen LogP contribution is 2.21. The SMILES string of the molecule is CCC(=O)c1ccc(OS(=O)(=O)c2ccccc2C#N)cc1. The van der Waals surface area contributed by atoms with Gasteiger partial charge in [0, 0.05) is 12.0 Å². The van der Waals surface area contributed by atoms with E-state index < -0.39 is 10.1 Å². The molecule has 0 aliphatic heterocycles. The monoisotopic (exact) mass is 315 g/mol. The standard InChI is InChI=1S/C16H13NO4S/c1-2-15(18)12-7-9-14(10-8-12)21-22(19,20)16-6-4-3-5-13(16)11-17/h3-10H,2H2,1H3. The quantitative estimate of drug-likeness (QED) is 0.625. The molecule has 2 aromatic rings. The second kappa shape index (κ2) is 6.41. The minimum Gasteiger partial charge on any atom is -0.379 e. The number of carbonyl (C=O) groups excluding carboxylic acids is 1. The molecular formula is C16H13NO4S. The van der Waals surface area contributed by atoms with Crippen LogP contribution in [-0.4, -0.2) is 14.2 Å². The van der Waals surface area contributed by atoms with Crippen molar-refractivity contribution in [3.63, 3.8) is 0 Å². The lowest BCUT2D eigenvalue weighted by Crippen LogP contribution is -2.11. The van der Waals surface area contributed by atoms with Crippen molar-refractivity contribution in [2.24, 2.45) is 0 Å². The molecule has 2 rings (SSSR count). The van der Waals surface area contributed by atoms with Crippen LogP contribution < -0.4 is 4.18 Å². The summed E-state index contributed by atoms with van der Waals surface area (Å²) in [5, 5.41) is 8.96. The van der Waals surface area contributed by atoms with Crippen molar-refractivity contribution in [3.05, 3.63) is 59.7 Å². The van der Waals surface area contributed by atoms with E-state index in [2.05, 4.69) is 0 Å². The van der Waals surface area contributed by atoms with Gasteiger partial charge in [-0.25, -0.2) is 0 Å². The molecule has 2 aromatic carbocycles. The first-order valence-electron chi connectivity index (χ1n) is 6.55. The Morgan fingerprint density at radius 3 is 2.36 bits per heavy atom. The van der Waals surface area contributed by atoms with Gasteiger partial charge in [0.05, 0.1) is 5.56 Å². The summed E-state index contributed by atoms with van der Waals surface area (Å²) in [7, 11) is -4.10. The Morgan fingerprint density at radius 2 is 1.77 bits per heavy atom. The largest absolute Gasteiger partial charge is 0.379 e. The summed E-state index contributed by atoms with van der Waals surface area (Å²) in [6, 6.07) is 13.4. The zero-order chi connectivity index (χ0) is 16.2. The molecule has 0 saturated heterocycles. The van der Waals surface area contributed by atoms with Gasteiger partial charge < -0.3 is 4.18 Å². The first-order chi connectivity index (χ1) is 10.5. The highest BCUT2D eigenvalue weighted by atomic mass is 32.2. The molecule has 5 nitrogen and oxygen atoms in total.